The second-order valence-electron chi connectivity index (χ2n) is 4.15. The van der Waals surface area contributed by atoms with E-state index in [0.717, 1.165) is 5.69 Å². The summed E-state index contributed by atoms with van der Waals surface area (Å²) in [6, 6.07) is 5.26. The molecule has 1 N–H and O–H groups in total. The molecule has 19 heavy (non-hydrogen) atoms. The molecule has 0 unspecified atom stereocenters. The summed E-state index contributed by atoms with van der Waals surface area (Å²) in [5, 5.41) is 10.3. The molecule has 0 spiro atoms. The fourth-order valence-electron chi connectivity index (χ4n) is 1.78. The number of amides is 1. The van der Waals surface area contributed by atoms with E-state index in [-0.39, 0.29) is 19.2 Å². The molecule has 7 nitrogen and oxygen atoms in total. The van der Waals surface area contributed by atoms with Crippen molar-refractivity contribution >= 4 is 11.6 Å². The smallest absolute Gasteiger partial charge is 0.246 e. The van der Waals surface area contributed by atoms with Crippen molar-refractivity contribution in [2.24, 2.45) is 0 Å². The number of ether oxygens (including phenoxy) is 2. The molecule has 7 heteroatoms. The van der Waals surface area contributed by atoms with Crippen LogP contribution in [0.1, 0.15) is 5.69 Å². The topological polar surface area (TPSA) is 78.3 Å². The summed E-state index contributed by atoms with van der Waals surface area (Å²) in [7, 11) is 0. The molecule has 1 aliphatic heterocycles. The number of nitrogens with zero attached hydrogens (tertiary/aromatic N) is 3. The van der Waals surface area contributed by atoms with Gasteiger partial charge >= 0.3 is 0 Å². The largest absolute Gasteiger partial charge is 0.454 e. The van der Waals surface area contributed by atoms with Crippen molar-refractivity contribution in [3.05, 3.63) is 30.1 Å². The van der Waals surface area contributed by atoms with Crippen molar-refractivity contribution in [3.8, 4) is 11.5 Å². The number of nitrogens with one attached hydrogen (secondary N) is 1. The standard InChI is InChI=1S/C12H12N4O3/c1-8-5-13-15-16(8)6-12(17)14-9-2-3-10-11(4-9)19-7-18-10/h2-5H,6-7H2,1H3,(H,14,17). The van der Waals surface area contributed by atoms with Crippen molar-refractivity contribution < 1.29 is 14.3 Å². The Balaban J connectivity index is 1.68. The summed E-state index contributed by atoms with van der Waals surface area (Å²) >= 11 is 0. The second-order valence-corrected chi connectivity index (χ2v) is 4.15. The van der Waals surface area contributed by atoms with Crippen LogP contribution < -0.4 is 14.8 Å². The lowest BCUT2D eigenvalue weighted by Crippen LogP contribution is -2.20. The van der Waals surface area contributed by atoms with E-state index >= 15 is 0 Å². The van der Waals surface area contributed by atoms with Gasteiger partial charge in [-0.3, -0.25) is 4.79 Å². The lowest BCUT2D eigenvalue weighted by molar-refractivity contribution is -0.117. The average molecular weight is 260 g/mol. The number of aromatic nitrogens is 3. The first-order chi connectivity index (χ1) is 9.22. The fourth-order valence-corrected chi connectivity index (χ4v) is 1.78. The van der Waals surface area contributed by atoms with Gasteiger partial charge in [0, 0.05) is 11.8 Å². The van der Waals surface area contributed by atoms with Crippen molar-refractivity contribution in [2.45, 2.75) is 13.5 Å². The lowest BCUT2D eigenvalue weighted by atomic mass is 10.3. The summed E-state index contributed by atoms with van der Waals surface area (Å²) < 4.78 is 12.0. The van der Waals surface area contributed by atoms with Gasteiger partial charge in [-0.05, 0) is 19.1 Å². The molecule has 2 aromatic rings. The molecule has 1 amide bonds. The minimum atomic E-state index is -0.174. The molecule has 0 atom stereocenters. The third-order valence-electron chi connectivity index (χ3n) is 2.76. The van der Waals surface area contributed by atoms with E-state index in [9.17, 15) is 4.79 Å². The zero-order valence-electron chi connectivity index (χ0n) is 10.3. The molecule has 0 fully saturated rings. The predicted molar refractivity (Wildman–Crippen MR) is 66.0 cm³/mol. The Bertz CT molecular complexity index is 623. The van der Waals surface area contributed by atoms with Gasteiger partial charge < -0.3 is 14.8 Å². The van der Waals surface area contributed by atoms with Gasteiger partial charge in [-0.15, -0.1) is 5.10 Å². The molecule has 0 radical (unpaired) electrons. The number of fused-ring (bicyclic) bond motifs is 1. The van der Waals surface area contributed by atoms with Crippen LogP contribution >= 0.6 is 0 Å². The summed E-state index contributed by atoms with van der Waals surface area (Å²) in [5.41, 5.74) is 1.49. The number of carbonyl (C=O) groups excluding carboxylic acids is 1. The highest BCUT2D eigenvalue weighted by atomic mass is 16.7. The van der Waals surface area contributed by atoms with Gasteiger partial charge in [0.15, 0.2) is 11.5 Å². The van der Waals surface area contributed by atoms with Gasteiger partial charge in [0.05, 0.1) is 11.9 Å². The SMILES string of the molecule is Cc1cnnn1CC(=O)Nc1ccc2c(c1)OCO2. The number of hydrogen-bond acceptors (Lipinski definition) is 5. The van der Waals surface area contributed by atoms with Gasteiger partial charge in [-0.25, -0.2) is 4.68 Å². The molecule has 3 rings (SSSR count). The summed E-state index contributed by atoms with van der Waals surface area (Å²) in [4.78, 5) is 11.9. The number of carbonyl (C=O) groups is 1. The van der Waals surface area contributed by atoms with Gasteiger partial charge in [-0.2, -0.15) is 0 Å². The fraction of sp³-hybridized carbons (Fsp3) is 0.250. The predicted octanol–water partition coefficient (Wildman–Crippen LogP) is 0.954. The van der Waals surface area contributed by atoms with Crippen LogP contribution in [0.25, 0.3) is 0 Å². The summed E-state index contributed by atoms with van der Waals surface area (Å²) in [5.74, 6) is 1.15. The van der Waals surface area contributed by atoms with E-state index in [2.05, 4.69) is 15.6 Å². The van der Waals surface area contributed by atoms with E-state index in [1.54, 1.807) is 24.4 Å². The van der Waals surface area contributed by atoms with E-state index < -0.39 is 0 Å². The first kappa shape index (κ1) is 11.5. The molecule has 0 bridgehead atoms. The second kappa shape index (κ2) is 4.60. The number of aryl methyl sites for hydroxylation is 1. The minimum Gasteiger partial charge on any atom is -0.454 e. The Labute approximate surface area is 109 Å². The zero-order chi connectivity index (χ0) is 13.2. The monoisotopic (exact) mass is 260 g/mol. The van der Waals surface area contributed by atoms with Crippen molar-refractivity contribution in [1.82, 2.24) is 15.0 Å². The van der Waals surface area contributed by atoms with Crippen LogP contribution in [0.15, 0.2) is 24.4 Å². The van der Waals surface area contributed by atoms with Crippen LogP contribution in [0.2, 0.25) is 0 Å². The van der Waals surface area contributed by atoms with Crippen LogP contribution in [-0.4, -0.2) is 27.7 Å². The molecule has 0 aliphatic carbocycles. The van der Waals surface area contributed by atoms with Crippen LogP contribution in [0.5, 0.6) is 11.5 Å². The van der Waals surface area contributed by atoms with Crippen LogP contribution in [-0.2, 0) is 11.3 Å². The molecule has 1 aromatic carbocycles. The Morgan fingerprint density at radius 1 is 1.42 bits per heavy atom. The van der Waals surface area contributed by atoms with Crippen LogP contribution in [0.4, 0.5) is 5.69 Å². The molecule has 0 saturated heterocycles. The molecular formula is C12H12N4O3. The maximum atomic E-state index is 11.9. The molecule has 2 heterocycles. The zero-order valence-corrected chi connectivity index (χ0v) is 10.3. The maximum absolute atomic E-state index is 11.9. The number of anilines is 1. The molecule has 1 aliphatic rings. The van der Waals surface area contributed by atoms with E-state index in [1.165, 1.54) is 4.68 Å². The normalized spacial score (nSPS) is 12.5. The Morgan fingerprint density at radius 3 is 3.05 bits per heavy atom. The number of hydrogen-bond donors (Lipinski definition) is 1. The Kier molecular flexibility index (Phi) is 2.79. The molecule has 1 aromatic heterocycles. The first-order valence-corrected chi connectivity index (χ1v) is 5.77. The lowest BCUT2D eigenvalue weighted by Gasteiger charge is -2.06. The van der Waals surface area contributed by atoms with Gasteiger partial charge in [0.1, 0.15) is 6.54 Å². The van der Waals surface area contributed by atoms with Crippen LogP contribution in [0, 0.1) is 6.92 Å². The van der Waals surface area contributed by atoms with Gasteiger partial charge in [0.25, 0.3) is 0 Å². The highest BCUT2D eigenvalue weighted by Crippen LogP contribution is 2.34. The Morgan fingerprint density at radius 2 is 2.26 bits per heavy atom. The quantitative estimate of drug-likeness (QED) is 0.889. The highest BCUT2D eigenvalue weighted by Gasteiger charge is 2.14. The van der Waals surface area contributed by atoms with Crippen LogP contribution in [0.3, 0.4) is 0 Å². The third-order valence-corrected chi connectivity index (χ3v) is 2.76. The van der Waals surface area contributed by atoms with Gasteiger partial charge in [-0.1, -0.05) is 5.21 Å². The Hall–Kier alpha value is -2.57. The minimum absolute atomic E-state index is 0.125. The third kappa shape index (κ3) is 2.35. The highest BCUT2D eigenvalue weighted by molar-refractivity contribution is 5.90. The maximum Gasteiger partial charge on any atom is 0.246 e. The molecular weight excluding hydrogens is 248 g/mol. The summed E-state index contributed by atoms with van der Waals surface area (Å²) in [6.45, 7) is 2.18. The van der Waals surface area contributed by atoms with E-state index in [4.69, 9.17) is 9.47 Å². The average Bonchev–Trinajstić information content (AvgIpc) is 2.98. The number of benzene rings is 1. The van der Waals surface area contributed by atoms with E-state index in [1.807, 2.05) is 6.92 Å². The molecule has 0 saturated carbocycles. The van der Waals surface area contributed by atoms with Crippen molar-refractivity contribution in [1.29, 1.82) is 0 Å². The molecule has 98 valence electrons. The number of rotatable bonds is 3. The summed E-state index contributed by atoms with van der Waals surface area (Å²) in [6.07, 6.45) is 1.61. The van der Waals surface area contributed by atoms with E-state index in [0.29, 0.717) is 17.2 Å². The van der Waals surface area contributed by atoms with Crippen molar-refractivity contribution in [3.63, 3.8) is 0 Å². The first-order valence-electron chi connectivity index (χ1n) is 5.77. The van der Waals surface area contributed by atoms with Gasteiger partial charge in [0.2, 0.25) is 12.7 Å². The van der Waals surface area contributed by atoms with Crippen molar-refractivity contribution in [2.75, 3.05) is 12.1 Å².